The molecule has 2 N–H and O–H groups in total. The number of fused-ring (bicyclic) bond motifs is 1. The minimum Gasteiger partial charge on any atom is -0.480 e. The Bertz CT molecular complexity index is 801. The van der Waals surface area contributed by atoms with Gasteiger partial charge in [-0.05, 0) is 17.2 Å². The van der Waals surface area contributed by atoms with Crippen LogP contribution in [0, 0.1) is 0 Å². The number of H-pyrrole nitrogens is 1. The molecule has 0 spiro atoms. The van der Waals surface area contributed by atoms with Crippen LogP contribution in [0.3, 0.4) is 0 Å². The predicted octanol–water partition coefficient (Wildman–Crippen LogP) is 3.98. The summed E-state index contributed by atoms with van der Waals surface area (Å²) < 4.78 is 1.70. The molecular formula is C18H17BrN2O2. The maximum Gasteiger partial charge on any atom is 0.322 e. The van der Waals surface area contributed by atoms with E-state index in [0.29, 0.717) is 13.0 Å². The van der Waals surface area contributed by atoms with E-state index < -0.39 is 12.0 Å². The third-order valence-corrected chi connectivity index (χ3v) is 4.63. The van der Waals surface area contributed by atoms with Crippen LogP contribution in [-0.4, -0.2) is 26.0 Å². The highest BCUT2D eigenvalue weighted by Crippen LogP contribution is 2.23. The minimum atomic E-state index is -0.844. The molecule has 0 radical (unpaired) electrons. The zero-order valence-corrected chi connectivity index (χ0v) is 14.0. The molecule has 0 aliphatic heterocycles. The summed E-state index contributed by atoms with van der Waals surface area (Å²) in [6, 6.07) is 17.1. The minimum absolute atomic E-state index is 0.428. The maximum absolute atomic E-state index is 11.7. The van der Waals surface area contributed by atoms with Gasteiger partial charge in [0.05, 0.1) is 0 Å². The van der Waals surface area contributed by atoms with Gasteiger partial charge in [0.25, 0.3) is 0 Å². The molecule has 0 aliphatic rings. The molecule has 1 atom stereocenters. The molecule has 0 saturated carbocycles. The fourth-order valence-corrected chi connectivity index (χ4v) is 3.29. The Labute approximate surface area is 143 Å². The van der Waals surface area contributed by atoms with Crippen LogP contribution in [-0.2, 0) is 17.8 Å². The van der Waals surface area contributed by atoms with Gasteiger partial charge in [-0.25, -0.2) is 3.93 Å². The average molecular weight is 373 g/mol. The lowest BCUT2D eigenvalue weighted by Crippen LogP contribution is -2.36. The van der Waals surface area contributed by atoms with Gasteiger partial charge in [0, 0.05) is 46.2 Å². The van der Waals surface area contributed by atoms with E-state index in [0.717, 1.165) is 22.0 Å². The third kappa shape index (κ3) is 3.63. The number of aliphatic carboxylic acids is 1. The predicted molar refractivity (Wildman–Crippen MR) is 94.3 cm³/mol. The first-order chi connectivity index (χ1) is 11.1. The second-order valence-electron chi connectivity index (χ2n) is 5.46. The summed E-state index contributed by atoms with van der Waals surface area (Å²) in [5.74, 6) is -0.844. The number of aromatic amines is 1. The molecule has 4 nitrogen and oxygen atoms in total. The topological polar surface area (TPSA) is 56.3 Å². The van der Waals surface area contributed by atoms with Gasteiger partial charge in [-0.1, -0.05) is 48.5 Å². The molecule has 23 heavy (non-hydrogen) atoms. The number of nitrogens with one attached hydrogen (secondary N) is 1. The highest BCUT2D eigenvalue weighted by molar-refractivity contribution is 9.07. The highest BCUT2D eigenvalue weighted by atomic mass is 79.9. The van der Waals surface area contributed by atoms with Crippen molar-refractivity contribution >= 4 is 33.0 Å². The summed E-state index contributed by atoms with van der Waals surface area (Å²) in [7, 11) is 0. The van der Waals surface area contributed by atoms with E-state index in [4.69, 9.17) is 0 Å². The second kappa shape index (κ2) is 6.98. The van der Waals surface area contributed by atoms with Crippen molar-refractivity contribution in [2.75, 3.05) is 0 Å². The Hall–Kier alpha value is -2.11. The van der Waals surface area contributed by atoms with Crippen LogP contribution in [0.2, 0.25) is 0 Å². The summed E-state index contributed by atoms with van der Waals surface area (Å²) in [4.78, 5) is 14.9. The lowest BCUT2D eigenvalue weighted by Gasteiger charge is -2.22. The number of benzene rings is 2. The number of hydrogen-bond acceptors (Lipinski definition) is 2. The smallest absolute Gasteiger partial charge is 0.322 e. The normalized spacial score (nSPS) is 12.6. The van der Waals surface area contributed by atoms with E-state index in [1.54, 1.807) is 3.93 Å². The van der Waals surface area contributed by atoms with E-state index in [1.807, 2.05) is 60.8 Å². The van der Waals surface area contributed by atoms with Crippen LogP contribution in [0.4, 0.5) is 0 Å². The SMILES string of the molecule is O=C(O)[C@H](Cc1c[nH]c2ccccc12)N(Br)Cc1ccccc1. The molecule has 0 bridgehead atoms. The van der Waals surface area contributed by atoms with E-state index in [9.17, 15) is 9.90 Å². The summed E-state index contributed by atoms with van der Waals surface area (Å²) in [5, 5.41) is 10.7. The molecule has 1 aromatic heterocycles. The number of halogens is 1. The van der Waals surface area contributed by atoms with Gasteiger partial charge in [-0.15, -0.1) is 0 Å². The number of nitrogens with zero attached hydrogens (tertiary/aromatic N) is 1. The fraction of sp³-hybridized carbons (Fsp3) is 0.167. The number of hydrogen-bond donors (Lipinski definition) is 2. The maximum atomic E-state index is 11.7. The molecule has 5 heteroatoms. The van der Waals surface area contributed by atoms with Crippen LogP contribution < -0.4 is 0 Å². The first kappa shape index (κ1) is 15.8. The summed E-state index contributed by atoms with van der Waals surface area (Å²) in [5.41, 5.74) is 3.09. The van der Waals surface area contributed by atoms with Crippen molar-refractivity contribution in [3.63, 3.8) is 0 Å². The summed E-state index contributed by atoms with van der Waals surface area (Å²) >= 11 is 3.43. The fourth-order valence-electron chi connectivity index (χ4n) is 2.68. The monoisotopic (exact) mass is 372 g/mol. The standard InChI is InChI=1S/C18H17BrN2O2/c19-21(12-13-6-2-1-3-7-13)17(18(22)23)10-14-11-20-16-9-5-4-8-15(14)16/h1-9,11,17,20H,10,12H2,(H,22,23)/t17-/m0/s1. The van der Waals surface area contributed by atoms with Crippen molar-refractivity contribution in [2.45, 2.75) is 19.0 Å². The summed E-state index contributed by atoms with van der Waals surface area (Å²) in [6.07, 6.45) is 2.32. The van der Waals surface area contributed by atoms with Gasteiger partial charge in [0.1, 0.15) is 6.04 Å². The Morgan fingerprint density at radius 1 is 1.13 bits per heavy atom. The molecule has 0 unspecified atom stereocenters. The molecule has 3 rings (SSSR count). The van der Waals surface area contributed by atoms with Gasteiger partial charge >= 0.3 is 5.97 Å². The third-order valence-electron chi connectivity index (χ3n) is 3.89. The van der Waals surface area contributed by atoms with E-state index in [2.05, 4.69) is 21.1 Å². The van der Waals surface area contributed by atoms with Gasteiger partial charge in [0.15, 0.2) is 0 Å². The highest BCUT2D eigenvalue weighted by Gasteiger charge is 2.25. The van der Waals surface area contributed by atoms with Crippen LogP contribution >= 0.6 is 16.1 Å². The van der Waals surface area contributed by atoms with E-state index in [-0.39, 0.29) is 0 Å². The lowest BCUT2D eigenvalue weighted by atomic mass is 10.0. The van der Waals surface area contributed by atoms with Gasteiger partial charge < -0.3 is 10.1 Å². The molecule has 0 fully saturated rings. The Morgan fingerprint density at radius 3 is 2.57 bits per heavy atom. The molecule has 3 aromatic rings. The van der Waals surface area contributed by atoms with E-state index in [1.165, 1.54) is 0 Å². The number of rotatable bonds is 6. The number of aromatic nitrogens is 1. The van der Waals surface area contributed by atoms with Gasteiger partial charge in [0.2, 0.25) is 0 Å². The quantitative estimate of drug-likeness (QED) is 0.643. The van der Waals surface area contributed by atoms with Crippen LogP contribution in [0.1, 0.15) is 11.1 Å². The van der Waals surface area contributed by atoms with E-state index >= 15 is 0 Å². The van der Waals surface area contributed by atoms with Crippen LogP contribution in [0.15, 0.2) is 60.8 Å². The first-order valence-corrected chi connectivity index (χ1v) is 8.10. The number of carboxylic acid groups (broad SMARTS) is 1. The van der Waals surface area contributed by atoms with Crippen molar-refractivity contribution in [2.24, 2.45) is 0 Å². The molecule has 1 heterocycles. The number of para-hydroxylation sites is 1. The second-order valence-corrected chi connectivity index (χ2v) is 6.37. The molecule has 0 saturated heterocycles. The number of carboxylic acids is 1. The Kier molecular flexibility index (Phi) is 4.79. The Balaban J connectivity index is 1.80. The zero-order chi connectivity index (χ0) is 16.2. The molecule has 2 aromatic carbocycles. The van der Waals surface area contributed by atoms with Gasteiger partial charge in [-0.2, -0.15) is 0 Å². The summed E-state index contributed by atoms with van der Waals surface area (Å²) in [6.45, 7) is 0.528. The van der Waals surface area contributed by atoms with Crippen molar-refractivity contribution in [3.05, 3.63) is 71.9 Å². The van der Waals surface area contributed by atoms with Crippen molar-refractivity contribution in [1.82, 2.24) is 8.91 Å². The van der Waals surface area contributed by atoms with Crippen LogP contribution in [0.5, 0.6) is 0 Å². The lowest BCUT2D eigenvalue weighted by molar-refractivity contribution is -0.141. The van der Waals surface area contributed by atoms with Crippen molar-refractivity contribution in [1.29, 1.82) is 0 Å². The largest absolute Gasteiger partial charge is 0.480 e. The first-order valence-electron chi connectivity index (χ1n) is 7.39. The van der Waals surface area contributed by atoms with Crippen molar-refractivity contribution in [3.8, 4) is 0 Å². The zero-order valence-electron chi connectivity index (χ0n) is 12.4. The number of carbonyl (C=O) groups is 1. The molecular weight excluding hydrogens is 356 g/mol. The van der Waals surface area contributed by atoms with Crippen molar-refractivity contribution < 1.29 is 9.90 Å². The van der Waals surface area contributed by atoms with Gasteiger partial charge in [-0.3, -0.25) is 4.79 Å². The average Bonchev–Trinajstić information content (AvgIpc) is 2.96. The molecule has 118 valence electrons. The Morgan fingerprint density at radius 2 is 1.83 bits per heavy atom. The molecule has 0 amide bonds. The van der Waals surface area contributed by atoms with Crippen LogP contribution in [0.25, 0.3) is 10.9 Å². The molecule has 0 aliphatic carbocycles.